The topological polar surface area (TPSA) is 24.7 Å². The zero-order valence-electron chi connectivity index (χ0n) is 9.42. The van der Waals surface area contributed by atoms with E-state index in [0.717, 1.165) is 11.1 Å². The quantitative estimate of drug-likeness (QED) is 0.585. The normalized spacial score (nSPS) is 11.4. The van der Waals surface area contributed by atoms with Gasteiger partial charge in [0, 0.05) is 21.2 Å². The third kappa shape index (κ3) is 3.42. The van der Waals surface area contributed by atoms with E-state index in [4.69, 9.17) is 23.2 Å². The number of halogens is 2. The molecule has 0 bridgehead atoms. The molecule has 2 aromatic rings. The fraction of sp³-hybridized carbons (Fsp3) is 0. The molecule has 2 nitrogen and oxygen atoms in total. The Morgan fingerprint density at radius 3 is 1.44 bits per heavy atom. The van der Waals surface area contributed by atoms with Gasteiger partial charge in [-0.1, -0.05) is 59.6 Å². The molecule has 0 saturated heterocycles. The summed E-state index contributed by atoms with van der Waals surface area (Å²) in [7, 11) is 0. The Balaban J connectivity index is 2.08. The Hall–Kier alpha value is -1.64. The first kappa shape index (κ1) is 12.8. The van der Waals surface area contributed by atoms with Gasteiger partial charge in [-0.05, 0) is 12.1 Å². The third-order valence-corrected chi connectivity index (χ3v) is 2.96. The highest BCUT2D eigenvalue weighted by Crippen LogP contribution is 2.13. The van der Waals surface area contributed by atoms with Crippen LogP contribution < -0.4 is 0 Å². The van der Waals surface area contributed by atoms with Crippen LogP contribution in [0.2, 0.25) is 10.0 Å². The fourth-order valence-electron chi connectivity index (χ4n) is 1.35. The SMILES string of the molecule is Clc1ccccc1C=NN=Cc1ccccc1Cl. The molecule has 0 aliphatic rings. The molecule has 0 aromatic heterocycles. The van der Waals surface area contributed by atoms with Gasteiger partial charge in [-0.3, -0.25) is 0 Å². The lowest BCUT2D eigenvalue weighted by Crippen LogP contribution is -1.83. The molecule has 0 atom stereocenters. The Kier molecular flexibility index (Phi) is 4.51. The van der Waals surface area contributed by atoms with E-state index in [1.807, 2.05) is 36.4 Å². The molecule has 4 heteroatoms. The molecule has 0 aliphatic heterocycles. The Morgan fingerprint density at radius 1 is 0.667 bits per heavy atom. The van der Waals surface area contributed by atoms with Crippen molar-refractivity contribution in [1.29, 1.82) is 0 Å². The van der Waals surface area contributed by atoms with E-state index in [1.54, 1.807) is 24.6 Å². The van der Waals surface area contributed by atoms with Crippen molar-refractivity contribution in [2.45, 2.75) is 0 Å². The second-order valence-electron chi connectivity index (χ2n) is 3.53. The fourth-order valence-corrected chi connectivity index (χ4v) is 1.72. The minimum atomic E-state index is 0.647. The van der Waals surface area contributed by atoms with Crippen LogP contribution in [0.15, 0.2) is 58.7 Å². The first-order chi connectivity index (χ1) is 8.77. The van der Waals surface area contributed by atoms with Gasteiger partial charge in [-0.25, -0.2) is 0 Å². The molecular formula is C14H10Cl2N2. The summed E-state index contributed by atoms with van der Waals surface area (Å²) in [5.74, 6) is 0. The van der Waals surface area contributed by atoms with Crippen LogP contribution in [0.25, 0.3) is 0 Å². The van der Waals surface area contributed by atoms with Gasteiger partial charge < -0.3 is 0 Å². The van der Waals surface area contributed by atoms with Gasteiger partial charge in [0.25, 0.3) is 0 Å². The lowest BCUT2D eigenvalue weighted by Gasteiger charge is -1.95. The van der Waals surface area contributed by atoms with Gasteiger partial charge in [-0.15, -0.1) is 0 Å². The Morgan fingerprint density at radius 2 is 1.06 bits per heavy atom. The first-order valence-electron chi connectivity index (χ1n) is 5.33. The molecule has 0 fully saturated rings. The number of hydrogen-bond donors (Lipinski definition) is 0. The molecule has 0 radical (unpaired) electrons. The highest BCUT2D eigenvalue weighted by atomic mass is 35.5. The summed E-state index contributed by atoms with van der Waals surface area (Å²) < 4.78 is 0. The summed E-state index contributed by atoms with van der Waals surface area (Å²) in [5, 5.41) is 9.18. The minimum absolute atomic E-state index is 0.647. The summed E-state index contributed by atoms with van der Waals surface area (Å²) in [6, 6.07) is 14.9. The van der Waals surface area contributed by atoms with Crippen LogP contribution in [-0.2, 0) is 0 Å². The van der Waals surface area contributed by atoms with E-state index in [-0.39, 0.29) is 0 Å². The molecular weight excluding hydrogens is 267 g/mol. The predicted molar refractivity (Wildman–Crippen MR) is 78.1 cm³/mol. The Labute approximate surface area is 116 Å². The second-order valence-corrected chi connectivity index (χ2v) is 4.35. The van der Waals surface area contributed by atoms with Crippen molar-refractivity contribution in [3.8, 4) is 0 Å². The first-order valence-corrected chi connectivity index (χ1v) is 6.08. The molecule has 0 saturated carbocycles. The summed E-state index contributed by atoms with van der Waals surface area (Å²) in [6.07, 6.45) is 3.21. The molecule has 0 spiro atoms. The number of nitrogens with zero attached hydrogens (tertiary/aromatic N) is 2. The summed E-state index contributed by atoms with van der Waals surface area (Å²) in [4.78, 5) is 0. The average Bonchev–Trinajstić information content (AvgIpc) is 2.38. The van der Waals surface area contributed by atoms with Gasteiger partial charge in [0.15, 0.2) is 0 Å². The van der Waals surface area contributed by atoms with Crippen LogP contribution in [0.4, 0.5) is 0 Å². The molecule has 90 valence electrons. The van der Waals surface area contributed by atoms with Gasteiger partial charge in [-0.2, -0.15) is 10.2 Å². The standard InChI is InChI=1S/C14H10Cl2N2/c15-13-7-3-1-5-11(13)9-17-18-10-12-6-2-4-8-14(12)16/h1-10H. The lowest BCUT2D eigenvalue weighted by atomic mass is 10.2. The van der Waals surface area contributed by atoms with Crippen molar-refractivity contribution in [1.82, 2.24) is 0 Å². The highest BCUT2D eigenvalue weighted by Gasteiger charge is 1.94. The molecule has 0 aliphatic carbocycles. The lowest BCUT2D eigenvalue weighted by molar-refractivity contribution is 1.26. The van der Waals surface area contributed by atoms with E-state index in [2.05, 4.69) is 10.2 Å². The molecule has 0 N–H and O–H groups in total. The largest absolute Gasteiger partial charge is 0.158 e. The number of rotatable bonds is 3. The maximum atomic E-state index is 5.98. The van der Waals surface area contributed by atoms with Crippen molar-refractivity contribution in [3.63, 3.8) is 0 Å². The van der Waals surface area contributed by atoms with Gasteiger partial charge in [0.1, 0.15) is 0 Å². The van der Waals surface area contributed by atoms with E-state index in [0.29, 0.717) is 10.0 Å². The van der Waals surface area contributed by atoms with Crippen LogP contribution >= 0.6 is 23.2 Å². The van der Waals surface area contributed by atoms with Gasteiger partial charge in [0.05, 0.1) is 12.4 Å². The maximum absolute atomic E-state index is 5.98. The summed E-state index contributed by atoms with van der Waals surface area (Å²) in [5.41, 5.74) is 1.66. The summed E-state index contributed by atoms with van der Waals surface area (Å²) in [6.45, 7) is 0. The Bertz CT molecular complexity index is 538. The molecule has 2 rings (SSSR count). The zero-order chi connectivity index (χ0) is 12.8. The van der Waals surface area contributed by atoms with Gasteiger partial charge in [0.2, 0.25) is 0 Å². The molecule has 0 unspecified atom stereocenters. The van der Waals surface area contributed by atoms with E-state index >= 15 is 0 Å². The van der Waals surface area contributed by atoms with E-state index < -0.39 is 0 Å². The molecule has 18 heavy (non-hydrogen) atoms. The predicted octanol–water partition coefficient (Wildman–Crippen LogP) is 4.45. The zero-order valence-corrected chi connectivity index (χ0v) is 10.9. The highest BCUT2D eigenvalue weighted by molar-refractivity contribution is 6.33. The molecule has 0 heterocycles. The molecule has 2 aromatic carbocycles. The van der Waals surface area contributed by atoms with Crippen molar-refractivity contribution < 1.29 is 0 Å². The van der Waals surface area contributed by atoms with Crippen LogP contribution in [0.5, 0.6) is 0 Å². The number of hydrogen-bond acceptors (Lipinski definition) is 2. The van der Waals surface area contributed by atoms with Crippen LogP contribution in [0, 0.1) is 0 Å². The monoisotopic (exact) mass is 276 g/mol. The minimum Gasteiger partial charge on any atom is -0.158 e. The van der Waals surface area contributed by atoms with Crippen molar-refractivity contribution >= 4 is 35.6 Å². The average molecular weight is 277 g/mol. The van der Waals surface area contributed by atoms with Crippen molar-refractivity contribution in [2.75, 3.05) is 0 Å². The van der Waals surface area contributed by atoms with Crippen LogP contribution in [0.3, 0.4) is 0 Å². The maximum Gasteiger partial charge on any atom is 0.0583 e. The molecule has 0 amide bonds. The van der Waals surface area contributed by atoms with Gasteiger partial charge >= 0.3 is 0 Å². The van der Waals surface area contributed by atoms with E-state index in [9.17, 15) is 0 Å². The van der Waals surface area contributed by atoms with Crippen LogP contribution in [-0.4, -0.2) is 12.4 Å². The second kappa shape index (κ2) is 6.34. The van der Waals surface area contributed by atoms with Crippen molar-refractivity contribution in [3.05, 3.63) is 69.7 Å². The third-order valence-electron chi connectivity index (χ3n) is 2.27. The number of benzene rings is 2. The smallest absolute Gasteiger partial charge is 0.0583 e. The van der Waals surface area contributed by atoms with Crippen molar-refractivity contribution in [2.24, 2.45) is 10.2 Å². The van der Waals surface area contributed by atoms with Crippen LogP contribution in [0.1, 0.15) is 11.1 Å². The van der Waals surface area contributed by atoms with E-state index in [1.165, 1.54) is 0 Å². The summed E-state index contributed by atoms with van der Waals surface area (Å²) >= 11 is 12.0.